The number of fused-ring (bicyclic) bond motifs is 1. The van der Waals surface area contributed by atoms with Crippen molar-refractivity contribution in [3.63, 3.8) is 0 Å². The van der Waals surface area contributed by atoms with E-state index in [9.17, 15) is 4.79 Å². The van der Waals surface area contributed by atoms with Gasteiger partial charge in [-0.15, -0.1) is 0 Å². The van der Waals surface area contributed by atoms with Crippen molar-refractivity contribution in [3.05, 3.63) is 63.4 Å². The van der Waals surface area contributed by atoms with Gasteiger partial charge in [0.1, 0.15) is 5.52 Å². The van der Waals surface area contributed by atoms with Crippen LogP contribution in [0, 0.1) is 0 Å². The lowest BCUT2D eigenvalue weighted by molar-refractivity contribution is 0.0986. The van der Waals surface area contributed by atoms with E-state index in [1.165, 1.54) is 0 Å². The van der Waals surface area contributed by atoms with Gasteiger partial charge in [-0.2, -0.15) is 0 Å². The van der Waals surface area contributed by atoms with Crippen LogP contribution in [-0.2, 0) is 6.42 Å². The number of ketones is 1. The summed E-state index contributed by atoms with van der Waals surface area (Å²) >= 11 is 9.26. The molecule has 100 valence electrons. The molecule has 3 nitrogen and oxygen atoms in total. The Balaban J connectivity index is 1.88. The van der Waals surface area contributed by atoms with Crippen LogP contribution in [-0.4, -0.2) is 10.8 Å². The molecular weight excluding hydrogens is 342 g/mol. The summed E-state index contributed by atoms with van der Waals surface area (Å²) in [6.45, 7) is 0. The molecule has 2 aromatic carbocycles. The van der Waals surface area contributed by atoms with Gasteiger partial charge in [0.15, 0.2) is 11.4 Å². The van der Waals surface area contributed by atoms with Crippen LogP contribution in [0.4, 0.5) is 0 Å². The molecule has 0 saturated carbocycles. The Morgan fingerprint density at radius 1 is 1.25 bits per heavy atom. The molecule has 0 bridgehead atoms. The number of nitrogens with zero attached hydrogens (tertiary/aromatic N) is 1. The number of oxazole rings is 1. The van der Waals surface area contributed by atoms with E-state index in [4.69, 9.17) is 16.0 Å². The first-order chi connectivity index (χ1) is 9.61. The van der Waals surface area contributed by atoms with E-state index >= 15 is 0 Å². The monoisotopic (exact) mass is 349 g/mol. The predicted molar refractivity (Wildman–Crippen MR) is 81.2 cm³/mol. The highest BCUT2D eigenvalue weighted by molar-refractivity contribution is 9.10. The molecule has 20 heavy (non-hydrogen) atoms. The van der Waals surface area contributed by atoms with Crippen molar-refractivity contribution in [3.8, 4) is 0 Å². The number of aromatic nitrogens is 1. The molecule has 5 heteroatoms. The number of hydrogen-bond donors (Lipinski definition) is 0. The third kappa shape index (κ3) is 2.76. The minimum Gasteiger partial charge on any atom is -0.440 e. The highest BCUT2D eigenvalue weighted by Crippen LogP contribution is 2.21. The lowest BCUT2D eigenvalue weighted by Crippen LogP contribution is -2.03. The fourth-order valence-electron chi connectivity index (χ4n) is 1.95. The fourth-order valence-corrected chi connectivity index (χ4v) is 2.81. The SMILES string of the molecule is O=C(Cc1nc2ccccc2o1)c1cc(Cl)cc(Br)c1. The molecule has 0 spiro atoms. The van der Waals surface area contributed by atoms with Gasteiger partial charge < -0.3 is 4.42 Å². The molecule has 0 amide bonds. The van der Waals surface area contributed by atoms with Gasteiger partial charge in [-0.1, -0.05) is 39.7 Å². The van der Waals surface area contributed by atoms with Crippen LogP contribution >= 0.6 is 27.5 Å². The molecular formula is C15H9BrClNO2. The maximum Gasteiger partial charge on any atom is 0.203 e. The number of halogens is 2. The van der Waals surface area contributed by atoms with Crippen LogP contribution < -0.4 is 0 Å². The van der Waals surface area contributed by atoms with E-state index in [0.29, 0.717) is 22.1 Å². The second-order valence-electron chi connectivity index (χ2n) is 4.33. The summed E-state index contributed by atoms with van der Waals surface area (Å²) in [5, 5.41) is 0.514. The summed E-state index contributed by atoms with van der Waals surface area (Å²) in [5.41, 5.74) is 1.97. The number of carbonyl (C=O) groups is 1. The average Bonchev–Trinajstić information content (AvgIpc) is 2.79. The highest BCUT2D eigenvalue weighted by atomic mass is 79.9. The molecule has 1 aromatic heterocycles. The molecule has 0 aliphatic heterocycles. The smallest absolute Gasteiger partial charge is 0.203 e. The largest absolute Gasteiger partial charge is 0.440 e. The highest BCUT2D eigenvalue weighted by Gasteiger charge is 2.13. The normalized spacial score (nSPS) is 10.9. The summed E-state index contributed by atoms with van der Waals surface area (Å²) < 4.78 is 6.31. The van der Waals surface area contributed by atoms with Crippen LogP contribution in [0.3, 0.4) is 0 Å². The lowest BCUT2D eigenvalue weighted by Gasteiger charge is -2.00. The van der Waals surface area contributed by atoms with Gasteiger partial charge in [-0.3, -0.25) is 4.79 Å². The molecule has 0 aliphatic carbocycles. The summed E-state index contributed by atoms with van der Waals surface area (Å²) in [6.07, 6.45) is 0.113. The second-order valence-corrected chi connectivity index (χ2v) is 5.69. The molecule has 3 aromatic rings. The van der Waals surface area contributed by atoms with E-state index in [2.05, 4.69) is 20.9 Å². The number of hydrogen-bond acceptors (Lipinski definition) is 3. The molecule has 0 aliphatic rings. The Hall–Kier alpha value is -1.65. The van der Waals surface area contributed by atoms with Crippen LogP contribution in [0.1, 0.15) is 16.2 Å². The summed E-state index contributed by atoms with van der Waals surface area (Å²) in [7, 11) is 0. The van der Waals surface area contributed by atoms with Gasteiger partial charge >= 0.3 is 0 Å². The van der Waals surface area contributed by atoms with Crippen LogP contribution in [0.2, 0.25) is 5.02 Å². The van der Waals surface area contributed by atoms with Gasteiger partial charge in [0.05, 0.1) is 6.42 Å². The molecule has 0 radical (unpaired) electrons. The molecule has 0 unspecified atom stereocenters. The van der Waals surface area contributed by atoms with Crippen molar-refractivity contribution in [2.45, 2.75) is 6.42 Å². The first-order valence-electron chi connectivity index (χ1n) is 5.95. The molecule has 0 atom stereocenters. The van der Waals surface area contributed by atoms with Gasteiger partial charge in [0, 0.05) is 15.1 Å². The molecule has 3 rings (SSSR count). The fraction of sp³-hybridized carbons (Fsp3) is 0.0667. The van der Waals surface area contributed by atoms with E-state index in [-0.39, 0.29) is 12.2 Å². The average molecular weight is 351 g/mol. The lowest BCUT2D eigenvalue weighted by atomic mass is 10.1. The zero-order chi connectivity index (χ0) is 14.1. The molecule has 1 heterocycles. The number of para-hydroxylation sites is 2. The summed E-state index contributed by atoms with van der Waals surface area (Å²) in [4.78, 5) is 16.5. The molecule has 0 saturated heterocycles. The van der Waals surface area contributed by atoms with E-state index in [1.54, 1.807) is 18.2 Å². The minimum atomic E-state index is -0.0836. The zero-order valence-corrected chi connectivity index (χ0v) is 12.6. The van der Waals surface area contributed by atoms with E-state index in [0.717, 1.165) is 9.99 Å². The van der Waals surface area contributed by atoms with E-state index in [1.807, 2.05) is 24.3 Å². The van der Waals surface area contributed by atoms with Crippen molar-refractivity contribution in [1.82, 2.24) is 4.98 Å². The Labute approximate surface area is 128 Å². The van der Waals surface area contributed by atoms with Crippen LogP contribution in [0.25, 0.3) is 11.1 Å². The number of benzene rings is 2. The van der Waals surface area contributed by atoms with Crippen LogP contribution in [0.15, 0.2) is 51.4 Å². The van der Waals surface area contributed by atoms with Crippen molar-refractivity contribution < 1.29 is 9.21 Å². The number of Topliss-reactive ketones (excluding diaryl/α,β-unsaturated/α-hetero) is 1. The topological polar surface area (TPSA) is 43.1 Å². The predicted octanol–water partition coefficient (Wildman–Crippen LogP) is 4.67. The summed E-state index contributed by atoms with van der Waals surface area (Å²) in [5.74, 6) is 0.326. The second kappa shape index (κ2) is 5.38. The van der Waals surface area contributed by atoms with E-state index < -0.39 is 0 Å². The zero-order valence-electron chi connectivity index (χ0n) is 10.3. The Bertz CT molecular complexity index is 744. The van der Waals surface area contributed by atoms with Gasteiger partial charge in [0.25, 0.3) is 0 Å². The molecule has 0 N–H and O–H groups in total. The Morgan fingerprint density at radius 3 is 2.80 bits per heavy atom. The third-order valence-corrected chi connectivity index (χ3v) is 3.51. The first-order valence-corrected chi connectivity index (χ1v) is 7.13. The van der Waals surface area contributed by atoms with Gasteiger partial charge in [-0.05, 0) is 30.3 Å². The standard InChI is InChI=1S/C15H9BrClNO2/c16-10-5-9(6-11(17)7-10)13(19)8-15-18-12-3-1-2-4-14(12)20-15/h1-7H,8H2. The van der Waals surface area contributed by atoms with Crippen molar-refractivity contribution in [2.75, 3.05) is 0 Å². The van der Waals surface area contributed by atoms with Gasteiger partial charge in [-0.25, -0.2) is 4.98 Å². The van der Waals surface area contributed by atoms with Crippen molar-refractivity contribution in [1.29, 1.82) is 0 Å². The summed E-state index contributed by atoms with van der Waals surface area (Å²) in [6, 6.07) is 12.5. The maximum absolute atomic E-state index is 12.2. The third-order valence-electron chi connectivity index (χ3n) is 2.83. The first kappa shape index (κ1) is 13.3. The minimum absolute atomic E-state index is 0.0836. The molecule has 0 fully saturated rings. The number of carbonyl (C=O) groups excluding carboxylic acids is 1. The number of rotatable bonds is 3. The van der Waals surface area contributed by atoms with Gasteiger partial charge in [0.2, 0.25) is 5.89 Å². The quantitative estimate of drug-likeness (QED) is 0.645. The van der Waals surface area contributed by atoms with Crippen molar-refractivity contribution >= 4 is 44.4 Å². The van der Waals surface area contributed by atoms with Crippen LogP contribution in [0.5, 0.6) is 0 Å². The Kier molecular flexibility index (Phi) is 3.59. The van der Waals surface area contributed by atoms with Crippen molar-refractivity contribution in [2.24, 2.45) is 0 Å². The Morgan fingerprint density at radius 2 is 2.05 bits per heavy atom. The maximum atomic E-state index is 12.2.